The van der Waals surface area contributed by atoms with Gasteiger partial charge >= 0.3 is 0 Å². The molecule has 0 aliphatic heterocycles. The highest BCUT2D eigenvalue weighted by Crippen LogP contribution is 1.97. The zero-order chi connectivity index (χ0) is 14.9. The fraction of sp³-hybridized carbons (Fsp3) is 0.333. The Balaban J connectivity index is 1.49. The van der Waals surface area contributed by atoms with Crippen LogP contribution in [0.15, 0.2) is 36.7 Å². The molecule has 0 atom stereocenters. The maximum absolute atomic E-state index is 11.6. The Morgan fingerprint density at radius 3 is 1.67 bits per heavy atom. The summed E-state index contributed by atoms with van der Waals surface area (Å²) < 4.78 is 0. The summed E-state index contributed by atoms with van der Waals surface area (Å²) in [5.41, 5.74) is 1.15. The average Bonchev–Trinajstić information content (AvgIpc) is 3.18. The first kappa shape index (κ1) is 14.9. The van der Waals surface area contributed by atoms with Crippen molar-refractivity contribution in [1.29, 1.82) is 0 Å². The molecule has 0 bridgehead atoms. The van der Waals surface area contributed by atoms with Gasteiger partial charge in [0.1, 0.15) is 11.4 Å². The van der Waals surface area contributed by atoms with Crippen molar-refractivity contribution in [3.63, 3.8) is 0 Å². The Morgan fingerprint density at radius 2 is 1.29 bits per heavy atom. The number of hydrogen-bond acceptors (Lipinski definition) is 2. The molecule has 0 unspecified atom stereocenters. The molecule has 0 fully saturated rings. The van der Waals surface area contributed by atoms with Crippen LogP contribution in [0.4, 0.5) is 0 Å². The minimum Gasteiger partial charge on any atom is -0.357 e. The van der Waals surface area contributed by atoms with E-state index in [0.717, 1.165) is 19.3 Å². The minimum atomic E-state index is -0.0833. The number of hydrogen-bond donors (Lipinski definition) is 4. The first-order chi connectivity index (χ1) is 10.3. The van der Waals surface area contributed by atoms with Crippen LogP contribution in [0, 0.1) is 0 Å². The van der Waals surface area contributed by atoms with E-state index < -0.39 is 0 Å². The van der Waals surface area contributed by atoms with E-state index in [1.54, 1.807) is 36.7 Å². The molecule has 0 saturated carbocycles. The quantitative estimate of drug-likeness (QED) is 0.557. The number of nitrogens with one attached hydrogen (secondary N) is 4. The summed E-state index contributed by atoms with van der Waals surface area (Å²) >= 11 is 0. The highest BCUT2D eigenvalue weighted by molar-refractivity contribution is 5.92. The number of aromatic amines is 2. The van der Waals surface area contributed by atoms with E-state index >= 15 is 0 Å². The maximum atomic E-state index is 11.6. The molecule has 2 amide bonds. The Labute approximate surface area is 123 Å². The fourth-order valence-electron chi connectivity index (χ4n) is 1.96. The summed E-state index contributed by atoms with van der Waals surface area (Å²) in [6, 6.07) is 7.07. The van der Waals surface area contributed by atoms with E-state index in [-0.39, 0.29) is 11.8 Å². The molecular weight excluding hydrogens is 268 g/mol. The minimum absolute atomic E-state index is 0.0833. The Kier molecular flexibility index (Phi) is 5.63. The van der Waals surface area contributed by atoms with Crippen LogP contribution in [0.1, 0.15) is 40.2 Å². The first-order valence-corrected chi connectivity index (χ1v) is 7.10. The molecule has 112 valence electrons. The van der Waals surface area contributed by atoms with E-state index in [2.05, 4.69) is 20.6 Å². The molecule has 21 heavy (non-hydrogen) atoms. The standard InChI is InChI=1S/C15H20N4O2/c20-14(12-6-4-10-16-12)18-8-2-1-3-9-19-15(21)13-7-5-11-17-13/h4-7,10-11,16-17H,1-3,8-9H2,(H,18,20)(H,19,21). The van der Waals surface area contributed by atoms with E-state index in [0.29, 0.717) is 24.5 Å². The summed E-state index contributed by atoms with van der Waals surface area (Å²) in [6.45, 7) is 1.28. The topological polar surface area (TPSA) is 89.8 Å². The Hall–Kier alpha value is -2.50. The van der Waals surface area contributed by atoms with Crippen molar-refractivity contribution < 1.29 is 9.59 Å². The van der Waals surface area contributed by atoms with Crippen LogP contribution in [0.5, 0.6) is 0 Å². The number of carbonyl (C=O) groups is 2. The molecule has 2 rings (SSSR count). The van der Waals surface area contributed by atoms with Crippen molar-refractivity contribution in [2.45, 2.75) is 19.3 Å². The van der Waals surface area contributed by atoms with Crippen molar-refractivity contribution in [2.24, 2.45) is 0 Å². The normalized spacial score (nSPS) is 10.3. The lowest BCUT2D eigenvalue weighted by molar-refractivity contribution is 0.0943. The summed E-state index contributed by atoms with van der Waals surface area (Å²) in [5.74, 6) is -0.167. The van der Waals surface area contributed by atoms with Gasteiger partial charge in [-0.05, 0) is 43.5 Å². The van der Waals surface area contributed by atoms with Crippen molar-refractivity contribution in [2.75, 3.05) is 13.1 Å². The molecule has 6 heteroatoms. The molecule has 0 spiro atoms. The predicted octanol–water partition coefficient (Wildman–Crippen LogP) is 1.67. The average molecular weight is 288 g/mol. The molecule has 0 radical (unpaired) electrons. The third-order valence-corrected chi connectivity index (χ3v) is 3.11. The molecule has 4 N–H and O–H groups in total. The summed E-state index contributed by atoms with van der Waals surface area (Å²) in [6.07, 6.45) is 6.19. The van der Waals surface area contributed by atoms with E-state index in [4.69, 9.17) is 0 Å². The number of rotatable bonds is 8. The second-order valence-corrected chi connectivity index (χ2v) is 4.74. The van der Waals surface area contributed by atoms with Gasteiger partial charge in [-0.2, -0.15) is 0 Å². The largest absolute Gasteiger partial charge is 0.357 e. The van der Waals surface area contributed by atoms with Gasteiger partial charge in [-0.15, -0.1) is 0 Å². The third-order valence-electron chi connectivity index (χ3n) is 3.11. The highest BCUT2D eigenvalue weighted by Gasteiger charge is 2.05. The van der Waals surface area contributed by atoms with Crippen molar-refractivity contribution in [3.8, 4) is 0 Å². The summed E-state index contributed by atoms with van der Waals surface area (Å²) in [5, 5.41) is 5.69. The highest BCUT2D eigenvalue weighted by atomic mass is 16.2. The first-order valence-electron chi connectivity index (χ1n) is 7.10. The summed E-state index contributed by atoms with van der Waals surface area (Å²) in [4.78, 5) is 28.9. The van der Waals surface area contributed by atoms with Gasteiger partial charge in [0.15, 0.2) is 0 Å². The van der Waals surface area contributed by atoms with Gasteiger partial charge in [0.05, 0.1) is 0 Å². The van der Waals surface area contributed by atoms with E-state index in [1.807, 2.05) is 0 Å². The smallest absolute Gasteiger partial charge is 0.267 e. The lowest BCUT2D eigenvalue weighted by atomic mass is 10.2. The number of aromatic nitrogens is 2. The number of amides is 2. The van der Waals surface area contributed by atoms with Crippen LogP contribution < -0.4 is 10.6 Å². The number of carbonyl (C=O) groups excluding carboxylic acids is 2. The molecule has 0 aromatic carbocycles. The second kappa shape index (κ2) is 7.94. The second-order valence-electron chi connectivity index (χ2n) is 4.74. The molecule has 2 aromatic rings. The number of H-pyrrole nitrogens is 2. The van der Waals surface area contributed by atoms with Gasteiger partial charge in [-0.25, -0.2) is 0 Å². The molecule has 0 aliphatic carbocycles. The Morgan fingerprint density at radius 1 is 0.810 bits per heavy atom. The molecule has 6 nitrogen and oxygen atoms in total. The fourth-order valence-corrected chi connectivity index (χ4v) is 1.96. The summed E-state index contributed by atoms with van der Waals surface area (Å²) in [7, 11) is 0. The van der Waals surface area contributed by atoms with Crippen molar-refractivity contribution in [3.05, 3.63) is 48.0 Å². The zero-order valence-corrected chi connectivity index (χ0v) is 11.8. The van der Waals surface area contributed by atoms with Gasteiger partial charge in [-0.3, -0.25) is 9.59 Å². The molecular formula is C15H20N4O2. The van der Waals surface area contributed by atoms with Gasteiger partial charge in [-0.1, -0.05) is 0 Å². The third kappa shape index (κ3) is 4.83. The van der Waals surface area contributed by atoms with E-state index in [9.17, 15) is 9.59 Å². The van der Waals surface area contributed by atoms with Crippen molar-refractivity contribution in [1.82, 2.24) is 20.6 Å². The van der Waals surface area contributed by atoms with Gasteiger partial charge in [0.2, 0.25) is 0 Å². The van der Waals surface area contributed by atoms with Gasteiger partial charge in [0, 0.05) is 25.5 Å². The number of unbranched alkanes of at least 4 members (excludes halogenated alkanes) is 2. The molecule has 0 aliphatic rings. The molecule has 0 saturated heterocycles. The molecule has 2 heterocycles. The monoisotopic (exact) mass is 288 g/mol. The van der Waals surface area contributed by atoms with Crippen LogP contribution in [-0.2, 0) is 0 Å². The van der Waals surface area contributed by atoms with Crippen LogP contribution in [0.2, 0.25) is 0 Å². The van der Waals surface area contributed by atoms with Gasteiger partial charge in [0.25, 0.3) is 11.8 Å². The van der Waals surface area contributed by atoms with Crippen LogP contribution in [0.25, 0.3) is 0 Å². The lowest BCUT2D eigenvalue weighted by Crippen LogP contribution is -2.26. The maximum Gasteiger partial charge on any atom is 0.267 e. The van der Waals surface area contributed by atoms with Gasteiger partial charge < -0.3 is 20.6 Å². The van der Waals surface area contributed by atoms with Crippen molar-refractivity contribution >= 4 is 11.8 Å². The van der Waals surface area contributed by atoms with Crippen LogP contribution in [0.3, 0.4) is 0 Å². The lowest BCUT2D eigenvalue weighted by Gasteiger charge is -2.05. The molecule has 2 aromatic heterocycles. The SMILES string of the molecule is O=C(NCCCCCNC(=O)c1ccc[nH]1)c1ccc[nH]1. The Bertz CT molecular complexity index is 496. The van der Waals surface area contributed by atoms with Crippen LogP contribution >= 0.6 is 0 Å². The van der Waals surface area contributed by atoms with E-state index in [1.165, 1.54) is 0 Å². The zero-order valence-electron chi connectivity index (χ0n) is 11.8. The predicted molar refractivity (Wildman–Crippen MR) is 80.1 cm³/mol. The van der Waals surface area contributed by atoms with Crippen LogP contribution in [-0.4, -0.2) is 34.9 Å².